The zero-order valence-electron chi connectivity index (χ0n) is 21.0. The standard InChI is InChI=1S/C27H30ClN5O4/c1-16-11-19(33-9-10-37-27(2,15-33)36-3)13-21-24(16)32-25(31-21)23-20(7-8-29-26(23)35)30-14-22(34)17-5-4-6-18(28)12-17/h4-8,11-13,22,34H,9-10,14-15H2,1-3H3,(H,31,32)(H2,29,30,35). The molecule has 0 bridgehead atoms. The van der Waals surface area contributed by atoms with Crippen LogP contribution < -0.4 is 15.8 Å². The van der Waals surface area contributed by atoms with Gasteiger partial charge in [-0.25, -0.2) is 4.98 Å². The fourth-order valence-electron chi connectivity index (χ4n) is 4.66. The minimum atomic E-state index is -0.808. The van der Waals surface area contributed by atoms with E-state index in [4.69, 9.17) is 26.1 Å². The number of nitrogens with zero attached hydrogens (tertiary/aromatic N) is 2. The lowest BCUT2D eigenvalue weighted by molar-refractivity contribution is -0.213. The molecule has 1 aliphatic heterocycles. The molecule has 5 rings (SSSR count). The second-order valence-electron chi connectivity index (χ2n) is 9.40. The Morgan fingerprint density at radius 1 is 1.32 bits per heavy atom. The second kappa shape index (κ2) is 10.2. The average molecular weight is 524 g/mol. The number of hydrogen-bond acceptors (Lipinski definition) is 7. The van der Waals surface area contributed by atoms with Gasteiger partial charge in [-0.05, 0) is 55.3 Å². The summed E-state index contributed by atoms with van der Waals surface area (Å²) in [5.41, 5.74) is 4.95. The Labute approximate surface area is 219 Å². The van der Waals surface area contributed by atoms with Gasteiger partial charge in [0.2, 0.25) is 0 Å². The topological polar surface area (TPSA) is 115 Å². The molecule has 194 valence electrons. The molecule has 0 saturated carbocycles. The van der Waals surface area contributed by atoms with Crippen LogP contribution in [0.2, 0.25) is 5.02 Å². The summed E-state index contributed by atoms with van der Waals surface area (Å²) in [6.07, 6.45) is 0.759. The SMILES string of the molecule is COC1(C)CN(c2cc(C)c3nc(-c4c(NCC(O)c5cccc(Cl)c5)cc[nH]c4=O)[nH]c3c2)CCO1. The Kier molecular flexibility index (Phi) is 6.96. The number of anilines is 2. The van der Waals surface area contributed by atoms with Crippen LogP contribution in [0.3, 0.4) is 0 Å². The molecule has 2 aromatic carbocycles. The van der Waals surface area contributed by atoms with E-state index in [2.05, 4.69) is 26.3 Å². The molecule has 1 aliphatic rings. The fraction of sp³-hybridized carbons (Fsp3) is 0.333. The number of pyridine rings is 1. The monoisotopic (exact) mass is 523 g/mol. The van der Waals surface area contributed by atoms with Crippen LogP contribution in [0.25, 0.3) is 22.4 Å². The number of morpholine rings is 1. The number of H-pyrrole nitrogens is 2. The van der Waals surface area contributed by atoms with Crippen molar-refractivity contribution in [1.82, 2.24) is 15.0 Å². The molecule has 0 aliphatic carbocycles. The molecule has 37 heavy (non-hydrogen) atoms. The summed E-state index contributed by atoms with van der Waals surface area (Å²) in [5.74, 6) is -0.228. The van der Waals surface area contributed by atoms with Crippen molar-refractivity contribution in [3.8, 4) is 11.4 Å². The van der Waals surface area contributed by atoms with E-state index in [0.717, 1.165) is 28.8 Å². The zero-order chi connectivity index (χ0) is 26.2. The highest BCUT2D eigenvalue weighted by Gasteiger charge is 2.32. The van der Waals surface area contributed by atoms with Crippen molar-refractivity contribution in [2.75, 3.05) is 43.6 Å². The van der Waals surface area contributed by atoms with E-state index >= 15 is 0 Å². The van der Waals surface area contributed by atoms with Gasteiger partial charge < -0.3 is 34.8 Å². The number of nitrogens with one attached hydrogen (secondary N) is 3. The highest BCUT2D eigenvalue weighted by atomic mass is 35.5. The first kappa shape index (κ1) is 25.3. The van der Waals surface area contributed by atoms with Crippen LogP contribution in [0, 0.1) is 6.92 Å². The van der Waals surface area contributed by atoms with Crippen molar-refractivity contribution in [2.24, 2.45) is 0 Å². The molecular weight excluding hydrogens is 494 g/mol. The molecule has 4 aromatic rings. The number of aromatic nitrogens is 3. The van der Waals surface area contributed by atoms with Crippen LogP contribution in [0.15, 0.2) is 53.5 Å². The van der Waals surface area contributed by atoms with Crippen molar-refractivity contribution in [1.29, 1.82) is 0 Å². The number of aromatic amines is 2. The number of rotatable bonds is 7. The predicted molar refractivity (Wildman–Crippen MR) is 145 cm³/mol. The van der Waals surface area contributed by atoms with Gasteiger partial charge in [0.1, 0.15) is 11.4 Å². The predicted octanol–water partition coefficient (Wildman–Crippen LogP) is 4.22. The van der Waals surface area contributed by atoms with E-state index in [1.165, 1.54) is 0 Å². The minimum absolute atomic E-state index is 0.190. The van der Waals surface area contributed by atoms with E-state index in [1.807, 2.05) is 19.9 Å². The third-order valence-electron chi connectivity index (χ3n) is 6.72. The Morgan fingerprint density at radius 2 is 2.16 bits per heavy atom. The number of imidazole rings is 1. The first-order chi connectivity index (χ1) is 17.8. The van der Waals surface area contributed by atoms with Crippen LogP contribution >= 0.6 is 11.6 Å². The minimum Gasteiger partial charge on any atom is -0.387 e. The molecular formula is C27H30ClN5O4. The lowest BCUT2D eigenvalue weighted by Gasteiger charge is -2.40. The smallest absolute Gasteiger partial charge is 0.261 e. The van der Waals surface area contributed by atoms with Gasteiger partial charge in [-0.15, -0.1) is 0 Å². The molecule has 1 fully saturated rings. The molecule has 2 unspecified atom stereocenters. The first-order valence-electron chi connectivity index (χ1n) is 12.1. The fourth-order valence-corrected chi connectivity index (χ4v) is 4.86. The Bertz CT molecular complexity index is 1490. The summed E-state index contributed by atoms with van der Waals surface area (Å²) in [6.45, 7) is 6.02. The van der Waals surface area contributed by atoms with Crippen molar-refractivity contribution in [3.63, 3.8) is 0 Å². The number of halogens is 1. The van der Waals surface area contributed by atoms with Gasteiger partial charge in [-0.2, -0.15) is 0 Å². The Balaban J connectivity index is 1.45. The number of fused-ring (bicyclic) bond motifs is 1. The number of methoxy groups -OCH3 is 1. The molecule has 10 heteroatoms. The largest absolute Gasteiger partial charge is 0.387 e. The van der Waals surface area contributed by atoms with Gasteiger partial charge >= 0.3 is 0 Å². The molecule has 2 aromatic heterocycles. The van der Waals surface area contributed by atoms with Crippen molar-refractivity contribution in [2.45, 2.75) is 25.7 Å². The third kappa shape index (κ3) is 5.21. The van der Waals surface area contributed by atoms with Crippen molar-refractivity contribution < 1.29 is 14.6 Å². The number of hydrogen-bond donors (Lipinski definition) is 4. The summed E-state index contributed by atoms with van der Waals surface area (Å²) >= 11 is 6.06. The highest BCUT2D eigenvalue weighted by Crippen LogP contribution is 2.31. The normalized spacial score (nSPS) is 18.8. The van der Waals surface area contributed by atoms with E-state index < -0.39 is 11.9 Å². The van der Waals surface area contributed by atoms with Gasteiger partial charge in [0.05, 0.1) is 36.0 Å². The van der Waals surface area contributed by atoms with Gasteiger partial charge in [-0.3, -0.25) is 4.79 Å². The summed E-state index contributed by atoms with van der Waals surface area (Å²) in [7, 11) is 1.65. The maximum Gasteiger partial charge on any atom is 0.261 e. The molecule has 9 nitrogen and oxygen atoms in total. The van der Waals surface area contributed by atoms with Gasteiger partial charge in [0, 0.05) is 37.1 Å². The first-order valence-corrected chi connectivity index (χ1v) is 12.5. The third-order valence-corrected chi connectivity index (χ3v) is 6.96. The lowest BCUT2D eigenvalue weighted by Crippen LogP contribution is -2.51. The van der Waals surface area contributed by atoms with Crippen LogP contribution in [-0.2, 0) is 9.47 Å². The molecule has 0 radical (unpaired) electrons. The van der Waals surface area contributed by atoms with E-state index in [0.29, 0.717) is 40.8 Å². The zero-order valence-corrected chi connectivity index (χ0v) is 21.7. The summed E-state index contributed by atoms with van der Waals surface area (Å²) in [5, 5.41) is 14.4. The van der Waals surface area contributed by atoms with Crippen molar-refractivity contribution >= 4 is 34.0 Å². The Hall–Kier alpha value is -3.37. The van der Waals surface area contributed by atoms with Crippen molar-refractivity contribution in [3.05, 3.63) is 75.2 Å². The van der Waals surface area contributed by atoms with E-state index in [-0.39, 0.29) is 12.1 Å². The molecule has 0 spiro atoms. The molecule has 4 N–H and O–H groups in total. The van der Waals surface area contributed by atoms with Crippen LogP contribution in [-0.4, -0.2) is 59.2 Å². The molecule has 2 atom stereocenters. The number of aryl methyl sites for hydroxylation is 1. The lowest BCUT2D eigenvalue weighted by atomic mass is 10.1. The second-order valence-corrected chi connectivity index (χ2v) is 9.84. The number of benzene rings is 2. The molecule has 3 heterocycles. The summed E-state index contributed by atoms with van der Waals surface area (Å²) in [4.78, 5) is 26.0. The van der Waals surface area contributed by atoms with Crippen LogP contribution in [0.1, 0.15) is 24.2 Å². The maximum atomic E-state index is 12.9. The maximum absolute atomic E-state index is 12.9. The summed E-state index contributed by atoms with van der Waals surface area (Å²) < 4.78 is 11.3. The van der Waals surface area contributed by atoms with Crippen LogP contribution in [0.5, 0.6) is 0 Å². The number of ether oxygens (including phenoxy) is 2. The Morgan fingerprint density at radius 3 is 2.95 bits per heavy atom. The molecule has 0 amide bonds. The number of aliphatic hydroxyl groups is 1. The van der Waals surface area contributed by atoms with E-state index in [1.54, 1.807) is 43.6 Å². The highest BCUT2D eigenvalue weighted by molar-refractivity contribution is 6.30. The summed E-state index contributed by atoms with van der Waals surface area (Å²) in [6, 6.07) is 12.9. The van der Waals surface area contributed by atoms with E-state index in [9.17, 15) is 9.90 Å². The molecule has 1 saturated heterocycles. The average Bonchev–Trinajstić information content (AvgIpc) is 3.31. The van der Waals surface area contributed by atoms with Gasteiger partial charge in [0.15, 0.2) is 5.79 Å². The quantitative estimate of drug-likeness (QED) is 0.286. The number of aliphatic hydroxyl groups excluding tert-OH is 1. The van der Waals surface area contributed by atoms with Gasteiger partial charge in [-0.1, -0.05) is 23.7 Å². The van der Waals surface area contributed by atoms with Crippen LogP contribution in [0.4, 0.5) is 11.4 Å². The van der Waals surface area contributed by atoms with Gasteiger partial charge in [0.25, 0.3) is 5.56 Å².